The van der Waals surface area contributed by atoms with E-state index in [4.69, 9.17) is 24.5 Å². The molecule has 0 amide bonds. The lowest BCUT2D eigenvalue weighted by Crippen LogP contribution is -2.41. The number of hydrogen-bond donors (Lipinski definition) is 2. The van der Waals surface area contributed by atoms with Gasteiger partial charge in [-0.15, -0.1) is 0 Å². The van der Waals surface area contributed by atoms with Gasteiger partial charge in [-0.05, 0) is 47.5 Å². The van der Waals surface area contributed by atoms with Crippen LogP contribution in [-0.4, -0.2) is 68.3 Å². The number of ether oxygens (including phenoxy) is 3. The SMILES string of the molecule is CC(C)OC(=O)COP(=O)(CO[C@H](C)Cn1cnc2c(N)ncnc21)NC1(C(=O)OC(C)C)CC1. The van der Waals surface area contributed by atoms with Gasteiger partial charge in [-0.3, -0.25) is 9.36 Å². The minimum atomic E-state index is -3.82. The molecule has 0 bridgehead atoms. The molecule has 0 saturated heterocycles. The van der Waals surface area contributed by atoms with Crippen LogP contribution < -0.4 is 10.8 Å². The molecule has 2 atom stereocenters. The number of esters is 2. The summed E-state index contributed by atoms with van der Waals surface area (Å²) < 4.78 is 37.1. The first-order valence-electron chi connectivity index (χ1n) is 11.4. The highest BCUT2D eigenvalue weighted by atomic mass is 31.2. The normalized spacial score (nSPS) is 17.3. The maximum Gasteiger partial charge on any atom is 0.332 e. The van der Waals surface area contributed by atoms with Gasteiger partial charge >= 0.3 is 11.9 Å². The lowest BCUT2D eigenvalue weighted by Gasteiger charge is -2.26. The Morgan fingerprint density at radius 1 is 1.14 bits per heavy atom. The van der Waals surface area contributed by atoms with Crippen molar-refractivity contribution in [1.82, 2.24) is 24.6 Å². The molecule has 3 rings (SSSR count). The molecule has 0 aliphatic heterocycles. The van der Waals surface area contributed by atoms with Crippen molar-refractivity contribution in [3.8, 4) is 0 Å². The molecule has 1 saturated carbocycles. The third-order valence-electron chi connectivity index (χ3n) is 5.04. The molecule has 13 nitrogen and oxygen atoms in total. The highest BCUT2D eigenvalue weighted by molar-refractivity contribution is 7.56. The smallest absolute Gasteiger partial charge is 0.332 e. The molecule has 0 aromatic carbocycles. The Labute approximate surface area is 203 Å². The number of hydrogen-bond acceptors (Lipinski definition) is 11. The van der Waals surface area contributed by atoms with Crippen LogP contribution >= 0.6 is 7.52 Å². The number of fused-ring (bicyclic) bond motifs is 1. The Hall–Kier alpha value is -2.60. The zero-order valence-corrected chi connectivity index (χ0v) is 21.5. The van der Waals surface area contributed by atoms with Gasteiger partial charge in [-0.25, -0.2) is 24.8 Å². The summed E-state index contributed by atoms with van der Waals surface area (Å²) in [6.45, 7) is 8.39. The maximum absolute atomic E-state index is 13.7. The van der Waals surface area contributed by atoms with Crippen LogP contribution in [0.25, 0.3) is 11.2 Å². The number of nitrogens with zero attached hydrogens (tertiary/aromatic N) is 4. The Bertz CT molecular complexity index is 1100. The Kier molecular flexibility index (Phi) is 8.47. The van der Waals surface area contributed by atoms with E-state index in [1.807, 2.05) is 0 Å². The minimum absolute atomic E-state index is 0.265. The summed E-state index contributed by atoms with van der Waals surface area (Å²) >= 11 is 0. The van der Waals surface area contributed by atoms with Crippen molar-refractivity contribution in [3.63, 3.8) is 0 Å². The van der Waals surface area contributed by atoms with Crippen molar-refractivity contribution < 1.29 is 32.9 Å². The summed E-state index contributed by atoms with van der Waals surface area (Å²) in [4.78, 5) is 36.9. The fraction of sp³-hybridized carbons (Fsp3) is 0.667. The topological polar surface area (TPSA) is 170 Å². The molecule has 2 aromatic rings. The highest BCUT2D eigenvalue weighted by Gasteiger charge is 2.55. The third kappa shape index (κ3) is 7.20. The second-order valence-electron chi connectivity index (χ2n) is 9.07. The second-order valence-corrected chi connectivity index (χ2v) is 11.2. The Balaban J connectivity index is 1.68. The molecule has 2 aromatic heterocycles. The van der Waals surface area contributed by atoms with Crippen LogP contribution in [0.3, 0.4) is 0 Å². The molecule has 3 N–H and O–H groups in total. The van der Waals surface area contributed by atoms with Gasteiger partial charge in [-0.1, -0.05) is 0 Å². The quantitative estimate of drug-likeness (QED) is 0.296. The zero-order chi connectivity index (χ0) is 25.8. The molecule has 0 spiro atoms. The molecule has 2 heterocycles. The number of nitrogens with two attached hydrogens (primary N) is 1. The van der Waals surface area contributed by atoms with Crippen LogP contribution in [0.15, 0.2) is 12.7 Å². The number of imidazole rings is 1. The van der Waals surface area contributed by atoms with E-state index in [0.29, 0.717) is 30.6 Å². The standard InChI is InChI=1S/C21H33N6O7P/c1-13(2)33-16(28)9-32-35(30,26-21(6-7-21)20(29)34-14(3)4)12-31-15(5)8-27-11-25-17-18(22)23-10-24-19(17)27/h10-11,13-15H,6-9,12H2,1-5H3,(H,26,30)(H2,22,23,24)/t15-,35?/m1/s1. The van der Waals surface area contributed by atoms with Crippen LogP contribution in [0, 0.1) is 0 Å². The minimum Gasteiger partial charge on any atom is -0.462 e. The van der Waals surface area contributed by atoms with Gasteiger partial charge in [-0.2, -0.15) is 0 Å². The van der Waals surface area contributed by atoms with E-state index in [0.717, 1.165) is 0 Å². The van der Waals surface area contributed by atoms with E-state index in [2.05, 4.69) is 20.0 Å². The van der Waals surface area contributed by atoms with Crippen molar-refractivity contribution in [2.75, 3.05) is 18.7 Å². The summed E-state index contributed by atoms with van der Waals surface area (Å²) in [5, 5.41) is 2.82. The Morgan fingerprint density at radius 3 is 2.46 bits per heavy atom. The van der Waals surface area contributed by atoms with Gasteiger partial charge in [0.15, 0.2) is 18.1 Å². The number of carbonyl (C=O) groups is 2. The first-order chi connectivity index (χ1) is 16.4. The first-order valence-corrected chi connectivity index (χ1v) is 13.2. The molecule has 1 fully saturated rings. The number of rotatable bonds is 13. The molecule has 14 heteroatoms. The second kappa shape index (κ2) is 11.0. The average molecular weight is 513 g/mol. The molecule has 194 valence electrons. The molecule has 1 aliphatic carbocycles. The van der Waals surface area contributed by atoms with Crippen molar-refractivity contribution >= 4 is 36.4 Å². The van der Waals surface area contributed by atoms with Crippen LogP contribution in [0.1, 0.15) is 47.5 Å². The highest BCUT2D eigenvalue weighted by Crippen LogP contribution is 2.51. The van der Waals surface area contributed by atoms with E-state index < -0.39 is 37.7 Å². The average Bonchev–Trinajstić information content (AvgIpc) is 3.43. The lowest BCUT2D eigenvalue weighted by molar-refractivity contribution is -0.150. The molecule has 1 aliphatic rings. The lowest BCUT2D eigenvalue weighted by atomic mass is 10.3. The van der Waals surface area contributed by atoms with E-state index in [1.165, 1.54) is 6.33 Å². The largest absolute Gasteiger partial charge is 0.462 e. The van der Waals surface area contributed by atoms with Gasteiger partial charge < -0.3 is 29.0 Å². The first kappa shape index (κ1) is 27.0. The van der Waals surface area contributed by atoms with Gasteiger partial charge in [0.1, 0.15) is 23.7 Å². The summed E-state index contributed by atoms with van der Waals surface area (Å²) in [6.07, 6.45) is 2.24. The summed E-state index contributed by atoms with van der Waals surface area (Å²) in [7, 11) is -3.82. The van der Waals surface area contributed by atoms with E-state index in [9.17, 15) is 14.2 Å². The fourth-order valence-corrected chi connectivity index (χ4v) is 5.22. The summed E-state index contributed by atoms with van der Waals surface area (Å²) in [5.41, 5.74) is 5.70. The summed E-state index contributed by atoms with van der Waals surface area (Å²) in [5.74, 6) is -0.927. The number of nitrogen functional groups attached to an aromatic ring is 1. The van der Waals surface area contributed by atoms with Crippen molar-refractivity contribution in [3.05, 3.63) is 12.7 Å². The van der Waals surface area contributed by atoms with Gasteiger partial charge in [0.25, 0.3) is 7.52 Å². The molecular formula is C21H33N6O7P. The van der Waals surface area contributed by atoms with Gasteiger partial charge in [0.05, 0.1) is 31.2 Å². The molecule has 35 heavy (non-hydrogen) atoms. The number of anilines is 1. The van der Waals surface area contributed by atoms with Crippen LogP contribution in [0.5, 0.6) is 0 Å². The predicted octanol–water partition coefficient (Wildman–Crippen LogP) is 2.01. The number of nitrogens with one attached hydrogen (secondary N) is 1. The number of aromatic nitrogens is 4. The number of carbonyl (C=O) groups excluding carboxylic acids is 2. The van der Waals surface area contributed by atoms with Crippen molar-refractivity contribution in [2.45, 2.75) is 77.9 Å². The van der Waals surface area contributed by atoms with Crippen molar-refractivity contribution in [2.24, 2.45) is 0 Å². The monoisotopic (exact) mass is 512 g/mol. The third-order valence-corrected chi connectivity index (χ3v) is 6.84. The van der Waals surface area contributed by atoms with Crippen LogP contribution in [-0.2, 0) is 39.4 Å². The molecule has 1 unspecified atom stereocenters. The van der Waals surface area contributed by atoms with E-state index in [1.54, 1.807) is 45.5 Å². The van der Waals surface area contributed by atoms with E-state index >= 15 is 0 Å². The summed E-state index contributed by atoms with van der Waals surface area (Å²) in [6, 6.07) is 0. The molecular weight excluding hydrogens is 479 g/mol. The van der Waals surface area contributed by atoms with Crippen molar-refractivity contribution in [1.29, 1.82) is 0 Å². The Morgan fingerprint density at radius 2 is 1.83 bits per heavy atom. The van der Waals surface area contributed by atoms with Gasteiger partial charge in [0.2, 0.25) is 0 Å². The van der Waals surface area contributed by atoms with Crippen LogP contribution in [0.2, 0.25) is 0 Å². The molecule has 0 radical (unpaired) electrons. The van der Waals surface area contributed by atoms with E-state index in [-0.39, 0.29) is 24.4 Å². The maximum atomic E-state index is 13.7. The zero-order valence-electron chi connectivity index (χ0n) is 20.6. The fourth-order valence-electron chi connectivity index (χ4n) is 3.28. The van der Waals surface area contributed by atoms with Gasteiger partial charge in [0, 0.05) is 0 Å². The predicted molar refractivity (Wildman–Crippen MR) is 126 cm³/mol. The van der Waals surface area contributed by atoms with Crippen LogP contribution in [0.4, 0.5) is 5.82 Å².